The first-order valence-corrected chi connectivity index (χ1v) is 7.22. The Kier molecular flexibility index (Phi) is 3.67. The number of halogens is 1. The van der Waals surface area contributed by atoms with Gasteiger partial charge in [0.05, 0.1) is 17.5 Å². The van der Waals surface area contributed by atoms with Crippen molar-refractivity contribution in [1.82, 2.24) is 15.2 Å². The summed E-state index contributed by atoms with van der Waals surface area (Å²) in [4.78, 5) is 27.7. The third-order valence-electron chi connectivity index (χ3n) is 3.16. The molecule has 0 saturated heterocycles. The summed E-state index contributed by atoms with van der Waals surface area (Å²) in [5, 5.41) is 7.44. The number of carbonyl (C=O) groups is 1. The number of H-pyrrole nitrogens is 2. The molecule has 2 heterocycles. The maximum absolute atomic E-state index is 12.8. The third kappa shape index (κ3) is 2.28. The summed E-state index contributed by atoms with van der Waals surface area (Å²) < 4.78 is 5.18. The molecule has 0 aliphatic heterocycles. The molecule has 0 saturated carbocycles. The molecule has 0 aliphatic rings. The number of hydrogen-bond donors (Lipinski definition) is 2. The van der Waals surface area contributed by atoms with E-state index in [4.69, 9.17) is 28.6 Å². The number of aromatic amines is 2. The normalized spacial score (nSPS) is 11.0. The van der Waals surface area contributed by atoms with Gasteiger partial charge < -0.3 is 9.72 Å². The van der Waals surface area contributed by atoms with Gasteiger partial charge in [0, 0.05) is 10.4 Å². The summed E-state index contributed by atoms with van der Waals surface area (Å²) in [6.45, 7) is 1.86. The molecule has 0 unspecified atom stereocenters. The second-order valence-electron chi connectivity index (χ2n) is 4.52. The smallest absolute Gasteiger partial charge is 0.359 e. The van der Waals surface area contributed by atoms with Crippen LogP contribution in [0.4, 0.5) is 0 Å². The fourth-order valence-electron chi connectivity index (χ4n) is 2.21. The van der Waals surface area contributed by atoms with E-state index in [1.54, 1.807) is 25.1 Å². The van der Waals surface area contributed by atoms with Crippen LogP contribution < -0.4 is 5.43 Å². The molecule has 0 atom stereocenters. The monoisotopic (exact) mass is 335 g/mol. The van der Waals surface area contributed by atoms with Gasteiger partial charge in [-0.1, -0.05) is 23.8 Å². The summed E-state index contributed by atoms with van der Waals surface area (Å²) in [5.41, 5.74) is 0.330. The number of benzene rings is 1. The molecule has 0 bridgehead atoms. The van der Waals surface area contributed by atoms with Crippen molar-refractivity contribution < 1.29 is 9.53 Å². The highest BCUT2D eigenvalue weighted by atomic mass is 35.5. The second-order valence-corrected chi connectivity index (χ2v) is 5.36. The average molecular weight is 336 g/mol. The van der Waals surface area contributed by atoms with E-state index < -0.39 is 5.97 Å². The van der Waals surface area contributed by atoms with Crippen LogP contribution >= 0.6 is 23.8 Å². The van der Waals surface area contributed by atoms with E-state index in [1.165, 1.54) is 0 Å². The van der Waals surface area contributed by atoms with Gasteiger partial charge in [-0.2, -0.15) is 5.10 Å². The predicted molar refractivity (Wildman–Crippen MR) is 86.0 cm³/mol. The van der Waals surface area contributed by atoms with Gasteiger partial charge in [0.2, 0.25) is 0 Å². The standard InChI is InChI=1S/C14H10ClN3O3S/c1-2-21-14(20)11-9-10(17-18-11)13(22)16-8-5-6(15)3-4-7(8)12(9)19/h3-5H,2H2,1H3,(H,16,22)(H,17,18). The molecule has 2 N–H and O–H groups in total. The van der Waals surface area contributed by atoms with E-state index in [0.717, 1.165) is 0 Å². The Hall–Kier alpha value is -2.25. The lowest BCUT2D eigenvalue weighted by Crippen LogP contribution is -2.09. The highest BCUT2D eigenvalue weighted by molar-refractivity contribution is 7.71. The van der Waals surface area contributed by atoms with Crippen LogP contribution in [-0.4, -0.2) is 27.8 Å². The SMILES string of the molecule is CCOC(=O)c1n[nH]c2c(=S)[nH]c3cc(Cl)ccc3c(=O)c12. The van der Waals surface area contributed by atoms with Gasteiger partial charge in [-0.25, -0.2) is 4.79 Å². The highest BCUT2D eigenvalue weighted by Gasteiger charge is 2.19. The van der Waals surface area contributed by atoms with E-state index in [-0.39, 0.29) is 33.3 Å². The van der Waals surface area contributed by atoms with Crippen molar-refractivity contribution in [2.75, 3.05) is 6.61 Å². The van der Waals surface area contributed by atoms with E-state index in [0.29, 0.717) is 15.9 Å². The predicted octanol–water partition coefficient (Wildman–Crippen LogP) is 2.96. The average Bonchev–Trinajstić information content (AvgIpc) is 2.88. The van der Waals surface area contributed by atoms with Gasteiger partial charge >= 0.3 is 5.97 Å². The zero-order chi connectivity index (χ0) is 15.9. The summed E-state index contributed by atoms with van der Waals surface area (Å²) >= 11 is 11.2. The van der Waals surface area contributed by atoms with Crippen LogP contribution in [0.1, 0.15) is 17.4 Å². The summed E-state index contributed by atoms with van der Waals surface area (Å²) in [5.74, 6) is -0.673. The molecule has 6 nitrogen and oxygen atoms in total. The molecular weight excluding hydrogens is 326 g/mol. The Morgan fingerprint density at radius 3 is 2.95 bits per heavy atom. The van der Waals surface area contributed by atoms with Gasteiger partial charge in [-0.15, -0.1) is 0 Å². The van der Waals surface area contributed by atoms with E-state index in [9.17, 15) is 9.59 Å². The van der Waals surface area contributed by atoms with Crippen molar-refractivity contribution in [3.05, 3.63) is 43.8 Å². The van der Waals surface area contributed by atoms with Crippen molar-refractivity contribution >= 4 is 51.6 Å². The largest absolute Gasteiger partial charge is 0.461 e. The second kappa shape index (κ2) is 5.51. The minimum atomic E-state index is -0.673. The van der Waals surface area contributed by atoms with Crippen LogP contribution in [0.15, 0.2) is 23.0 Å². The van der Waals surface area contributed by atoms with Crippen LogP contribution in [0, 0.1) is 4.64 Å². The van der Waals surface area contributed by atoms with Crippen LogP contribution in [-0.2, 0) is 4.74 Å². The van der Waals surface area contributed by atoms with Crippen LogP contribution in [0.3, 0.4) is 0 Å². The molecule has 1 aromatic carbocycles. The highest BCUT2D eigenvalue weighted by Crippen LogP contribution is 2.19. The van der Waals surface area contributed by atoms with Gasteiger partial charge in [0.25, 0.3) is 0 Å². The summed E-state index contributed by atoms with van der Waals surface area (Å²) in [6.07, 6.45) is 0. The zero-order valence-electron chi connectivity index (χ0n) is 11.4. The maximum atomic E-state index is 12.8. The number of hydrogen-bond acceptors (Lipinski definition) is 5. The summed E-state index contributed by atoms with van der Waals surface area (Å²) in [6, 6.07) is 4.77. The number of esters is 1. The molecule has 3 aromatic rings. The number of aromatic nitrogens is 3. The van der Waals surface area contributed by atoms with Crippen molar-refractivity contribution in [3.63, 3.8) is 0 Å². The maximum Gasteiger partial charge on any atom is 0.359 e. The number of fused-ring (bicyclic) bond motifs is 2. The number of ether oxygens (including phenoxy) is 1. The molecule has 2 aromatic heterocycles. The Bertz CT molecular complexity index is 1030. The number of nitrogens with zero attached hydrogens (tertiary/aromatic N) is 1. The lowest BCUT2D eigenvalue weighted by Gasteiger charge is -1.97. The van der Waals surface area contributed by atoms with Gasteiger partial charge in [-0.3, -0.25) is 9.89 Å². The third-order valence-corrected chi connectivity index (χ3v) is 3.70. The lowest BCUT2D eigenvalue weighted by molar-refractivity contribution is 0.0521. The zero-order valence-corrected chi connectivity index (χ0v) is 13.0. The van der Waals surface area contributed by atoms with Gasteiger partial charge in [0.1, 0.15) is 10.2 Å². The Labute approximate surface area is 134 Å². The fourth-order valence-corrected chi connectivity index (χ4v) is 2.64. The Balaban J connectivity index is 2.51. The molecule has 0 amide bonds. The topological polar surface area (TPSA) is 87.8 Å². The molecule has 8 heteroatoms. The molecule has 0 aliphatic carbocycles. The first-order valence-electron chi connectivity index (χ1n) is 6.44. The minimum Gasteiger partial charge on any atom is -0.461 e. The first-order chi connectivity index (χ1) is 10.5. The van der Waals surface area contributed by atoms with Crippen molar-refractivity contribution in [3.8, 4) is 0 Å². The quantitative estimate of drug-likeness (QED) is 0.555. The molecule has 3 rings (SSSR count). The number of rotatable bonds is 2. The van der Waals surface area contributed by atoms with Gasteiger partial charge in [-0.05, 0) is 25.1 Å². The minimum absolute atomic E-state index is 0.0752. The summed E-state index contributed by atoms with van der Waals surface area (Å²) in [7, 11) is 0. The molecule has 0 radical (unpaired) electrons. The van der Waals surface area contributed by atoms with Gasteiger partial charge in [0.15, 0.2) is 11.1 Å². The van der Waals surface area contributed by atoms with Crippen LogP contribution in [0.2, 0.25) is 5.02 Å². The number of nitrogens with one attached hydrogen (secondary N) is 2. The van der Waals surface area contributed by atoms with E-state index in [2.05, 4.69) is 15.2 Å². The first kappa shape index (κ1) is 14.7. The van der Waals surface area contributed by atoms with E-state index in [1.807, 2.05) is 0 Å². The van der Waals surface area contributed by atoms with Crippen molar-refractivity contribution in [2.24, 2.45) is 0 Å². The van der Waals surface area contributed by atoms with Crippen molar-refractivity contribution in [2.45, 2.75) is 6.92 Å². The molecule has 0 spiro atoms. The molecule has 112 valence electrons. The Morgan fingerprint density at radius 1 is 1.45 bits per heavy atom. The van der Waals surface area contributed by atoms with Crippen molar-refractivity contribution in [1.29, 1.82) is 0 Å². The van der Waals surface area contributed by atoms with E-state index >= 15 is 0 Å². The van der Waals surface area contributed by atoms with Crippen LogP contribution in [0.25, 0.3) is 21.8 Å². The van der Waals surface area contributed by atoms with Crippen LogP contribution in [0.5, 0.6) is 0 Å². The Morgan fingerprint density at radius 2 is 2.23 bits per heavy atom. The lowest BCUT2D eigenvalue weighted by atomic mass is 10.2. The molecular formula is C14H10ClN3O3S. The molecule has 22 heavy (non-hydrogen) atoms. The fraction of sp³-hybridized carbons (Fsp3) is 0.143. The number of carbonyl (C=O) groups excluding carboxylic acids is 1. The molecule has 0 fully saturated rings.